The zero-order valence-electron chi connectivity index (χ0n) is 8.92. The third kappa shape index (κ3) is 2.61. The molecule has 1 aromatic carbocycles. The van der Waals surface area contributed by atoms with Gasteiger partial charge in [0.25, 0.3) is 0 Å². The molecule has 0 fully saturated rings. The normalized spacial score (nSPS) is 13.9. The lowest BCUT2D eigenvalue weighted by Gasteiger charge is -2.15. The second kappa shape index (κ2) is 5.00. The van der Waals surface area contributed by atoms with E-state index in [0.29, 0.717) is 6.42 Å². The third-order valence-electron chi connectivity index (χ3n) is 2.82. The van der Waals surface area contributed by atoms with Gasteiger partial charge in [-0.1, -0.05) is 17.9 Å². The largest absolute Gasteiger partial charge is 0.395 e. The summed E-state index contributed by atoms with van der Waals surface area (Å²) >= 11 is 0. The van der Waals surface area contributed by atoms with Gasteiger partial charge < -0.3 is 5.11 Å². The number of benzene rings is 1. The predicted octanol–water partition coefficient (Wildman–Crippen LogP) is 2.30. The van der Waals surface area contributed by atoms with E-state index < -0.39 is 0 Å². The van der Waals surface area contributed by atoms with E-state index in [-0.39, 0.29) is 6.61 Å². The van der Waals surface area contributed by atoms with Crippen LogP contribution in [0.5, 0.6) is 0 Å². The first-order valence-electron chi connectivity index (χ1n) is 5.61. The van der Waals surface area contributed by atoms with Crippen LogP contribution in [0, 0.1) is 11.8 Å². The number of fused-ring (bicyclic) bond motifs is 1. The van der Waals surface area contributed by atoms with Crippen molar-refractivity contribution in [2.24, 2.45) is 0 Å². The van der Waals surface area contributed by atoms with Gasteiger partial charge in [0, 0.05) is 12.0 Å². The fourth-order valence-corrected chi connectivity index (χ4v) is 2.03. The van der Waals surface area contributed by atoms with Crippen LogP contribution in [0.3, 0.4) is 0 Å². The maximum Gasteiger partial charge on any atom is 0.0540 e. The first-order valence-corrected chi connectivity index (χ1v) is 5.61. The van der Waals surface area contributed by atoms with Crippen molar-refractivity contribution >= 4 is 0 Å². The van der Waals surface area contributed by atoms with E-state index in [0.717, 1.165) is 5.56 Å². The Balaban J connectivity index is 2.18. The van der Waals surface area contributed by atoms with E-state index in [2.05, 4.69) is 30.0 Å². The minimum absolute atomic E-state index is 0.151. The molecule has 1 heteroatoms. The van der Waals surface area contributed by atoms with Crippen molar-refractivity contribution in [1.82, 2.24) is 0 Å². The molecule has 0 bridgehead atoms. The second-order valence-corrected chi connectivity index (χ2v) is 3.97. The third-order valence-corrected chi connectivity index (χ3v) is 2.82. The highest BCUT2D eigenvalue weighted by Gasteiger charge is 2.08. The average molecular weight is 200 g/mol. The molecule has 0 atom stereocenters. The van der Waals surface area contributed by atoms with E-state index in [1.165, 1.54) is 36.8 Å². The average Bonchev–Trinajstić information content (AvgIpc) is 2.29. The van der Waals surface area contributed by atoms with Crippen molar-refractivity contribution in [2.75, 3.05) is 6.61 Å². The highest BCUT2D eigenvalue weighted by Crippen LogP contribution is 2.21. The molecule has 0 unspecified atom stereocenters. The maximum atomic E-state index is 8.63. The number of aryl methyl sites for hydroxylation is 2. The molecule has 0 saturated heterocycles. The summed E-state index contributed by atoms with van der Waals surface area (Å²) in [6.07, 6.45) is 5.62. The molecule has 1 N–H and O–H groups in total. The van der Waals surface area contributed by atoms with Gasteiger partial charge in [0.15, 0.2) is 0 Å². The predicted molar refractivity (Wildman–Crippen MR) is 61.7 cm³/mol. The lowest BCUT2D eigenvalue weighted by Crippen LogP contribution is -2.02. The van der Waals surface area contributed by atoms with Gasteiger partial charge in [-0.2, -0.15) is 0 Å². The SMILES string of the molecule is OCCC#Cc1ccc2c(c1)CCCC2. The highest BCUT2D eigenvalue weighted by molar-refractivity contribution is 5.41. The van der Waals surface area contributed by atoms with Crippen molar-refractivity contribution in [2.45, 2.75) is 32.1 Å². The Morgan fingerprint density at radius 2 is 1.93 bits per heavy atom. The molecule has 1 aliphatic carbocycles. The summed E-state index contributed by atoms with van der Waals surface area (Å²) in [5.41, 5.74) is 4.05. The van der Waals surface area contributed by atoms with Crippen molar-refractivity contribution in [3.05, 3.63) is 34.9 Å². The number of aliphatic hydroxyl groups excluding tert-OH is 1. The quantitative estimate of drug-likeness (QED) is 0.690. The molecule has 0 aromatic heterocycles. The Labute approximate surface area is 91.1 Å². The Bertz CT molecular complexity index is 396. The van der Waals surface area contributed by atoms with Crippen LogP contribution in [0.1, 0.15) is 36.0 Å². The van der Waals surface area contributed by atoms with Crippen LogP contribution < -0.4 is 0 Å². The first-order chi connectivity index (χ1) is 7.40. The van der Waals surface area contributed by atoms with Gasteiger partial charge in [-0.25, -0.2) is 0 Å². The summed E-state index contributed by atoms with van der Waals surface area (Å²) in [7, 11) is 0. The van der Waals surface area contributed by atoms with E-state index >= 15 is 0 Å². The van der Waals surface area contributed by atoms with Crippen molar-refractivity contribution in [3.8, 4) is 11.8 Å². The molecule has 0 radical (unpaired) electrons. The topological polar surface area (TPSA) is 20.2 Å². The minimum Gasteiger partial charge on any atom is -0.395 e. The van der Waals surface area contributed by atoms with Gasteiger partial charge in [-0.05, 0) is 48.9 Å². The minimum atomic E-state index is 0.151. The Kier molecular flexibility index (Phi) is 3.42. The van der Waals surface area contributed by atoms with Crippen LogP contribution in [-0.2, 0) is 12.8 Å². The lowest BCUT2D eigenvalue weighted by molar-refractivity contribution is 0.305. The standard InChI is InChI=1S/C14H16O/c15-10-4-3-5-12-8-9-13-6-1-2-7-14(13)11-12/h8-9,11,15H,1-2,4,6-7,10H2. The number of rotatable bonds is 1. The monoisotopic (exact) mass is 200 g/mol. The molecule has 2 rings (SSSR count). The summed E-state index contributed by atoms with van der Waals surface area (Å²) in [5.74, 6) is 6.04. The molecule has 0 spiro atoms. The fraction of sp³-hybridized carbons (Fsp3) is 0.429. The summed E-state index contributed by atoms with van der Waals surface area (Å²) < 4.78 is 0. The van der Waals surface area contributed by atoms with E-state index in [9.17, 15) is 0 Å². The molecule has 0 saturated carbocycles. The van der Waals surface area contributed by atoms with Gasteiger partial charge in [0.2, 0.25) is 0 Å². The van der Waals surface area contributed by atoms with Crippen molar-refractivity contribution in [1.29, 1.82) is 0 Å². The van der Waals surface area contributed by atoms with Gasteiger partial charge in [0.1, 0.15) is 0 Å². The molecule has 1 aromatic rings. The molecule has 0 amide bonds. The Morgan fingerprint density at radius 1 is 1.13 bits per heavy atom. The van der Waals surface area contributed by atoms with Crippen molar-refractivity contribution < 1.29 is 5.11 Å². The van der Waals surface area contributed by atoms with Crippen LogP contribution >= 0.6 is 0 Å². The zero-order chi connectivity index (χ0) is 10.5. The molecular formula is C14H16O. The summed E-state index contributed by atoms with van der Waals surface area (Å²) in [4.78, 5) is 0. The van der Waals surface area contributed by atoms with Crippen LogP contribution in [-0.4, -0.2) is 11.7 Å². The van der Waals surface area contributed by atoms with E-state index in [1.807, 2.05) is 0 Å². The Hall–Kier alpha value is -1.26. The smallest absolute Gasteiger partial charge is 0.0540 e. The molecule has 78 valence electrons. The molecule has 15 heavy (non-hydrogen) atoms. The van der Waals surface area contributed by atoms with Crippen LogP contribution in [0.25, 0.3) is 0 Å². The molecule has 0 aliphatic heterocycles. The fourth-order valence-electron chi connectivity index (χ4n) is 2.03. The molecule has 1 nitrogen and oxygen atoms in total. The van der Waals surface area contributed by atoms with Crippen LogP contribution in [0.4, 0.5) is 0 Å². The van der Waals surface area contributed by atoms with Crippen LogP contribution in [0.2, 0.25) is 0 Å². The first kappa shape index (κ1) is 10.3. The van der Waals surface area contributed by atoms with E-state index in [1.54, 1.807) is 0 Å². The number of hydrogen-bond donors (Lipinski definition) is 1. The van der Waals surface area contributed by atoms with Gasteiger partial charge in [-0.15, -0.1) is 0 Å². The maximum absolute atomic E-state index is 8.63. The number of aliphatic hydroxyl groups is 1. The van der Waals surface area contributed by atoms with Crippen LogP contribution in [0.15, 0.2) is 18.2 Å². The molecule has 0 heterocycles. The summed E-state index contributed by atoms with van der Waals surface area (Å²) in [6, 6.07) is 6.50. The lowest BCUT2D eigenvalue weighted by atomic mass is 9.90. The van der Waals surface area contributed by atoms with Gasteiger partial charge >= 0.3 is 0 Å². The Morgan fingerprint density at radius 3 is 2.73 bits per heavy atom. The zero-order valence-corrected chi connectivity index (χ0v) is 8.92. The second-order valence-electron chi connectivity index (χ2n) is 3.97. The van der Waals surface area contributed by atoms with Crippen molar-refractivity contribution in [3.63, 3.8) is 0 Å². The highest BCUT2D eigenvalue weighted by atomic mass is 16.2. The molecule has 1 aliphatic rings. The molecular weight excluding hydrogens is 184 g/mol. The van der Waals surface area contributed by atoms with Gasteiger partial charge in [-0.3, -0.25) is 0 Å². The van der Waals surface area contributed by atoms with Gasteiger partial charge in [0.05, 0.1) is 6.61 Å². The number of hydrogen-bond acceptors (Lipinski definition) is 1. The summed E-state index contributed by atoms with van der Waals surface area (Å²) in [6.45, 7) is 0.151. The van der Waals surface area contributed by atoms with E-state index in [4.69, 9.17) is 5.11 Å². The summed E-state index contributed by atoms with van der Waals surface area (Å²) in [5, 5.41) is 8.63.